The lowest BCUT2D eigenvalue weighted by Crippen LogP contribution is -2.43. The van der Waals surface area contributed by atoms with E-state index in [1.54, 1.807) is 49.5 Å². The topological polar surface area (TPSA) is 103 Å². The largest absolute Gasteiger partial charge is 0.497 e. The van der Waals surface area contributed by atoms with E-state index in [4.69, 9.17) is 18.9 Å². The Bertz CT molecular complexity index is 1870. The molecule has 0 saturated heterocycles. The lowest BCUT2D eigenvalue weighted by atomic mass is 9.88. The van der Waals surface area contributed by atoms with Gasteiger partial charge in [-0.25, -0.2) is 13.2 Å². The molecule has 0 aromatic heterocycles. The fourth-order valence-corrected chi connectivity index (χ4v) is 8.52. The number of carbonyl (C=O) groups is 1. The molecule has 4 aromatic rings. The van der Waals surface area contributed by atoms with Gasteiger partial charge in [-0.1, -0.05) is 42.5 Å². The number of carbonyl (C=O) groups excluding carboxylic acids is 1. The van der Waals surface area contributed by atoms with Crippen molar-refractivity contribution in [2.24, 2.45) is 0 Å². The summed E-state index contributed by atoms with van der Waals surface area (Å²) < 4.78 is 54.4. The number of benzene rings is 4. The SMILES string of the molecule is COc1ccc(COc2cc3c(cc2NS(=O)(=O)Cc2ccccc2)C(Cc2cc(Br)c(OC)c(Br)c2)N(C(=O)OC(C)(C)C)CC3)cc1. The fraction of sp³-hybridized carbons (Fsp3) is 0.324. The normalized spacial score (nSPS) is 14.5. The van der Waals surface area contributed by atoms with Crippen LogP contribution in [0.1, 0.15) is 54.6 Å². The number of sulfonamides is 1. The van der Waals surface area contributed by atoms with E-state index in [-0.39, 0.29) is 18.0 Å². The Labute approximate surface area is 305 Å². The van der Waals surface area contributed by atoms with Gasteiger partial charge in [0.2, 0.25) is 10.0 Å². The van der Waals surface area contributed by atoms with Gasteiger partial charge in [0.15, 0.2) is 0 Å². The molecule has 1 amide bonds. The fourth-order valence-electron chi connectivity index (χ4n) is 5.72. The third-order valence-corrected chi connectivity index (χ3v) is 10.4. The maximum absolute atomic E-state index is 13.7. The molecule has 1 unspecified atom stereocenters. The van der Waals surface area contributed by atoms with Gasteiger partial charge in [-0.3, -0.25) is 4.72 Å². The zero-order valence-electron chi connectivity index (χ0n) is 28.1. The van der Waals surface area contributed by atoms with E-state index in [9.17, 15) is 13.2 Å². The predicted molar refractivity (Wildman–Crippen MR) is 198 cm³/mol. The highest BCUT2D eigenvalue weighted by Gasteiger charge is 2.35. The number of rotatable bonds is 11. The Kier molecular flexibility index (Phi) is 11.5. The van der Waals surface area contributed by atoms with E-state index in [2.05, 4.69) is 36.6 Å². The van der Waals surface area contributed by atoms with Crippen molar-refractivity contribution in [3.63, 3.8) is 0 Å². The number of ether oxygens (including phenoxy) is 4. The summed E-state index contributed by atoms with van der Waals surface area (Å²) in [6.07, 6.45) is 0.507. The van der Waals surface area contributed by atoms with Crippen LogP contribution in [-0.4, -0.2) is 45.8 Å². The zero-order chi connectivity index (χ0) is 35.3. The van der Waals surface area contributed by atoms with Crippen molar-refractivity contribution in [2.45, 2.75) is 57.6 Å². The number of nitrogens with zero attached hydrogens (tertiary/aromatic N) is 1. The van der Waals surface area contributed by atoms with Crippen LogP contribution in [0.3, 0.4) is 0 Å². The number of halogens is 2. The van der Waals surface area contributed by atoms with Gasteiger partial charge in [-0.15, -0.1) is 0 Å². The van der Waals surface area contributed by atoms with E-state index in [0.717, 1.165) is 36.9 Å². The molecule has 9 nitrogen and oxygen atoms in total. The van der Waals surface area contributed by atoms with Crippen LogP contribution in [0.25, 0.3) is 0 Å². The van der Waals surface area contributed by atoms with E-state index >= 15 is 0 Å². The number of methoxy groups -OCH3 is 2. The maximum Gasteiger partial charge on any atom is 0.410 e. The summed E-state index contributed by atoms with van der Waals surface area (Å²) in [6, 6.07) is 23.6. The lowest BCUT2D eigenvalue weighted by molar-refractivity contribution is 0.0141. The first-order valence-corrected chi connectivity index (χ1v) is 19.0. The van der Waals surface area contributed by atoms with Crippen LogP contribution in [0.15, 0.2) is 87.8 Å². The van der Waals surface area contributed by atoms with Crippen molar-refractivity contribution < 1.29 is 32.2 Å². The predicted octanol–water partition coefficient (Wildman–Crippen LogP) is 8.83. The lowest BCUT2D eigenvalue weighted by Gasteiger charge is -2.39. The second kappa shape index (κ2) is 15.4. The Balaban J connectivity index is 1.57. The van der Waals surface area contributed by atoms with E-state index in [1.165, 1.54) is 0 Å². The van der Waals surface area contributed by atoms with Crippen LogP contribution in [0.2, 0.25) is 0 Å². The smallest absolute Gasteiger partial charge is 0.410 e. The molecule has 0 spiro atoms. The highest BCUT2D eigenvalue weighted by molar-refractivity contribution is 9.11. The number of amides is 1. The summed E-state index contributed by atoms with van der Waals surface area (Å²) in [4.78, 5) is 15.4. The van der Waals surface area contributed by atoms with E-state index < -0.39 is 27.8 Å². The molecule has 0 fully saturated rings. The third kappa shape index (κ3) is 9.49. The first kappa shape index (κ1) is 36.5. The number of nitrogens with one attached hydrogen (secondary N) is 1. The summed E-state index contributed by atoms with van der Waals surface area (Å²) in [6.45, 7) is 6.12. The number of hydrogen-bond donors (Lipinski definition) is 1. The van der Waals surface area contributed by atoms with Gasteiger partial charge >= 0.3 is 6.09 Å². The second-order valence-electron chi connectivity index (χ2n) is 12.8. The van der Waals surface area contributed by atoms with E-state index in [1.807, 2.05) is 69.3 Å². The van der Waals surface area contributed by atoms with Gasteiger partial charge in [0.25, 0.3) is 0 Å². The molecule has 49 heavy (non-hydrogen) atoms. The van der Waals surface area contributed by atoms with Crippen molar-refractivity contribution in [1.29, 1.82) is 0 Å². The first-order valence-electron chi connectivity index (χ1n) is 15.7. The summed E-state index contributed by atoms with van der Waals surface area (Å²) >= 11 is 7.21. The minimum atomic E-state index is -3.86. The van der Waals surface area contributed by atoms with Gasteiger partial charge in [0, 0.05) is 6.54 Å². The van der Waals surface area contributed by atoms with Crippen molar-refractivity contribution in [1.82, 2.24) is 4.90 Å². The highest BCUT2D eigenvalue weighted by Crippen LogP contribution is 2.42. The standard InChI is InChI=1S/C37H40Br2N2O7S/c1-37(2,3)48-36(42)41-16-15-27-20-34(47-22-24-11-13-28(45-4)14-12-24)32(40-49(43,44)23-25-9-7-6-8-10-25)21-29(27)33(41)19-26-17-30(38)35(46-5)31(39)18-26/h6-14,17-18,20-21,33,40H,15-16,19,22-23H2,1-5H3. The molecule has 1 heterocycles. The molecule has 1 aliphatic rings. The van der Waals surface area contributed by atoms with Gasteiger partial charge in [0.05, 0.1) is 40.6 Å². The average molecular weight is 817 g/mol. The Morgan fingerprint density at radius 2 is 1.57 bits per heavy atom. The van der Waals surface area contributed by atoms with Crippen molar-refractivity contribution >= 4 is 53.7 Å². The molecule has 5 rings (SSSR count). The number of anilines is 1. The Morgan fingerprint density at radius 1 is 0.898 bits per heavy atom. The second-order valence-corrected chi connectivity index (χ2v) is 16.2. The molecular formula is C37H40Br2N2O7S. The zero-order valence-corrected chi connectivity index (χ0v) is 32.1. The first-order chi connectivity index (χ1) is 23.2. The average Bonchev–Trinajstić information content (AvgIpc) is 3.03. The number of fused-ring (bicyclic) bond motifs is 1. The Morgan fingerprint density at radius 3 is 2.18 bits per heavy atom. The molecule has 260 valence electrons. The van der Waals surface area contributed by atoms with E-state index in [0.29, 0.717) is 36.4 Å². The molecule has 1 aliphatic heterocycles. The number of hydrogen-bond acceptors (Lipinski definition) is 7. The van der Waals surface area contributed by atoms with Crippen molar-refractivity contribution in [3.05, 3.63) is 116 Å². The molecule has 1 N–H and O–H groups in total. The monoisotopic (exact) mass is 814 g/mol. The molecule has 0 aliphatic carbocycles. The van der Waals surface area contributed by atoms with Crippen molar-refractivity contribution in [2.75, 3.05) is 25.5 Å². The molecule has 12 heteroatoms. The Hall–Kier alpha value is -3.74. The highest BCUT2D eigenvalue weighted by atomic mass is 79.9. The van der Waals surface area contributed by atoms with Gasteiger partial charge in [-0.2, -0.15) is 0 Å². The van der Waals surface area contributed by atoms with Crippen LogP contribution in [0.5, 0.6) is 17.2 Å². The minimum absolute atomic E-state index is 0.206. The molecule has 1 atom stereocenters. The minimum Gasteiger partial charge on any atom is -0.497 e. The van der Waals surface area contributed by atoms with Gasteiger partial charge < -0.3 is 23.8 Å². The van der Waals surface area contributed by atoms with Crippen LogP contribution in [0.4, 0.5) is 10.5 Å². The molecular weight excluding hydrogens is 776 g/mol. The molecule has 0 saturated carbocycles. The molecule has 4 aromatic carbocycles. The summed E-state index contributed by atoms with van der Waals surface area (Å²) in [5, 5.41) is 0. The van der Waals surface area contributed by atoms with Crippen LogP contribution < -0.4 is 18.9 Å². The summed E-state index contributed by atoms with van der Waals surface area (Å²) in [5.41, 5.74) is 3.81. The summed E-state index contributed by atoms with van der Waals surface area (Å²) in [7, 11) is -0.651. The van der Waals surface area contributed by atoms with Crippen molar-refractivity contribution in [3.8, 4) is 17.2 Å². The maximum atomic E-state index is 13.7. The quantitative estimate of drug-likeness (QED) is 0.162. The van der Waals surface area contributed by atoms with Crippen LogP contribution in [-0.2, 0) is 40.0 Å². The molecule has 0 bridgehead atoms. The third-order valence-electron chi connectivity index (χ3n) is 7.94. The van der Waals surface area contributed by atoms with Crippen LogP contribution >= 0.6 is 31.9 Å². The molecule has 0 radical (unpaired) electrons. The van der Waals surface area contributed by atoms with Crippen LogP contribution in [0, 0.1) is 0 Å². The van der Waals surface area contributed by atoms with Gasteiger partial charge in [-0.05, 0) is 130 Å². The summed E-state index contributed by atoms with van der Waals surface area (Å²) in [5.74, 6) is 1.56. The van der Waals surface area contributed by atoms with Gasteiger partial charge in [0.1, 0.15) is 29.5 Å².